The van der Waals surface area contributed by atoms with Crippen molar-refractivity contribution in [1.82, 2.24) is 9.55 Å². The smallest absolute Gasteiger partial charge is 0.168 e. The Kier molecular flexibility index (Phi) is 3.68. The van der Waals surface area contributed by atoms with E-state index in [2.05, 4.69) is 21.8 Å². The fraction of sp³-hybridized carbons (Fsp3) is 0.364. The molecule has 2 rings (SSSR count). The van der Waals surface area contributed by atoms with Crippen LogP contribution in [0.2, 0.25) is 0 Å². The third-order valence-electron chi connectivity index (χ3n) is 2.36. The minimum atomic E-state index is 0.108. The summed E-state index contributed by atoms with van der Waals surface area (Å²) >= 11 is 3.43. The number of aromatic nitrogens is 2. The predicted molar refractivity (Wildman–Crippen MR) is 69.8 cm³/mol. The van der Waals surface area contributed by atoms with Gasteiger partial charge in [-0.3, -0.25) is 0 Å². The molecule has 0 aliphatic heterocycles. The Bertz CT molecular complexity index is 434. The Morgan fingerprint density at radius 2 is 2.38 bits per heavy atom. The lowest BCUT2D eigenvalue weighted by Crippen LogP contribution is -2.22. The average molecular weight is 253 g/mol. The number of imidazole rings is 1. The maximum atomic E-state index is 6.04. The fourth-order valence-corrected chi connectivity index (χ4v) is 3.35. The molecule has 0 saturated heterocycles. The van der Waals surface area contributed by atoms with Gasteiger partial charge in [-0.2, -0.15) is 11.3 Å². The first-order valence-corrected chi connectivity index (χ1v) is 6.92. The van der Waals surface area contributed by atoms with E-state index in [0.29, 0.717) is 0 Å². The van der Waals surface area contributed by atoms with Crippen LogP contribution < -0.4 is 5.73 Å². The second-order valence-corrected chi connectivity index (χ2v) is 5.66. The van der Waals surface area contributed by atoms with Crippen LogP contribution in [0.3, 0.4) is 0 Å². The Balaban J connectivity index is 2.19. The molecule has 0 bridgehead atoms. The van der Waals surface area contributed by atoms with Crippen LogP contribution >= 0.6 is 23.1 Å². The van der Waals surface area contributed by atoms with Crippen LogP contribution in [0.1, 0.15) is 17.7 Å². The van der Waals surface area contributed by atoms with Crippen LogP contribution in [0.25, 0.3) is 0 Å². The van der Waals surface area contributed by atoms with E-state index in [4.69, 9.17) is 5.73 Å². The molecule has 16 heavy (non-hydrogen) atoms. The van der Waals surface area contributed by atoms with Crippen molar-refractivity contribution in [2.75, 3.05) is 0 Å². The van der Waals surface area contributed by atoms with Gasteiger partial charge in [0.1, 0.15) is 0 Å². The second kappa shape index (κ2) is 5.03. The standard InChI is InChI=1S/C11H15N3S2/c1-8(12)10(9-3-6-15-7-9)16-11-13-4-5-14(11)2/h3-8,10H,12H2,1-2H3. The largest absolute Gasteiger partial charge is 0.329 e. The molecule has 2 heterocycles. The third kappa shape index (κ3) is 2.48. The Labute approximate surface area is 104 Å². The zero-order chi connectivity index (χ0) is 11.5. The van der Waals surface area contributed by atoms with Gasteiger partial charge in [0.2, 0.25) is 0 Å². The van der Waals surface area contributed by atoms with E-state index in [1.165, 1.54) is 5.56 Å². The number of rotatable bonds is 4. The molecule has 86 valence electrons. The normalized spacial score (nSPS) is 14.9. The SMILES string of the molecule is CC(N)C(Sc1nccn1C)c1ccsc1. The summed E-state index contributed by atoms with van der Waals surface area (Å²) in [4.78, 5) is 4.32. The third-order valence-corrected chi connectivity index (χ3v) is 4.62. The highest BCUT2D eigenvalue weighted by Gasteiger charge is 2.19. The summed E-state index contributed by atoms with van der Waals surface area (Å²) in [6.07, 6.45) is 3.77. The van der Waals surface area contributed by atoms with Crippen molar-refractivity contribution in [3.8, 4) is 0 Å². The molecular weight excluding hydrogens is 238 g/mol. The highest BCUT2D eigenvalue weighted by Crippen LogP contribution is 2.36. The highest BCUT2D eigenvalue weighted by atomic mass is 32.2. The highest BCUT2D eigenvalue weighted by molar-refractivity contribution is 7.99. The summed E-state index contributed by atoms with van der Waals surface area (Å²) in [6, 6.07) is 2.24. The Morgan fingerprint density at radius 3 is 2.88 bits per heavy atom. The number of thioether (sulfide) groups is 1. The summed E-state index contributed by atoms with van der Waals surface area (Å²) in [7, 11) is 2.00. The van der Waals surface area contributed by atoms with E-state index < -0.39 is 0 Å². The van der Waals surface area contributed by atoms with Crippen molar-refractivity contribution in [3.63, 3.8) is 0 Å². The minimum Gasteiger partial charge on any atom is -0.329 e. The molecule has 0 spiro atoms. The molecule has 3 nitrogen and oxygen atoms in total. The van der Waals surface area contributed by atoms with Crippen LogP contribution in [0.5, 0.6) is 0 Å². The molecule has 0 saturated carbocycles. The summed E-state index contributed by atoms with van der Waals surface area (Å²) in [5.41, 5.74) is 7.33. The molecule has 5 heteroatoms. The van der Waals surface area contributed by atoms with Crippen LogP contribution in [-0.2, 0) is 7.05 Å². The van der Waals surface area contributed by atoms with E-state index >= 15 is 0 Å². The summed E-state index contributed by atoms with van der Waals surface area (Å²) in [5, 5.41) is 5.52. The van der Waals surface area contributed by atoms with Gasteiger partial charge in [-0.05, 0) is 29.3 Å². The van der Waals surface area contributed by atoms with E-state index in [-0.39, 0.29) is 11.3 Å². The van der Waals surface area contributed by atoms with Gasteiger partial charge < -0.3 is 10.3 Å². The van der Waals surface area contributed by atoms with Gasteiger partial charge in [0.25, 0.3) is 0 Å². The molecule has 0 aliphatic rings. The van der Waals surface area contributed by atoms with E-state index in [1.807, 2.05) is 30.9 Å². The van der Waals surface area contributed by atoms with E-state index in [9.17, 15) is 0 Å². The molecular formula is C11H15N3S2. The van der Waals surface area contributed by atoms with E-state index in [0.717, 1.165) is 5.16 Å². The number of nitrogens with zero attached hydrogens (tertiary/aromatic N) is 2. The van der Waals surface area contributed by atoms with Gasteiger partial charge in [0, 0.05) is 25.5 Å². The number of hydrogen-bond acceptors (Lipinski definition) is 4. The van der Waals surface area contributed by atoms with Gasteiger partial charge in [-0.25, -0.2) is 4.98 Å². The number of aryl methyl sites for hydroxylation is 1. The quantitative estimate of drug-likeness (QED) is 0.852. The lowest BCUT2D eigenvalue weighted by atomic mass is 10.1. The molecule has 0 fully saturated rings. The second-order valence-electron chi connectivity index (χ2n) is 3.77. The molecule has 2 aromatic rings. The first kappa shape index (κ1) is 11.7. The van der Waals surface area contributed by atoms with E-state index in [1.54, 1.807) is 23.1 Å². The van der Waals surface area contributed by atoms with Crippen molar-refractivity contribution >= 4 is 23.1 Å². The fourth-order valence-electron chi connectivity index (χ4n) is 1.49. The maximum absolute atomic E-state index is 6.04. The summed E-state index contributed by atoms with van der Waals surface area (Å²) in [5.74, 6) is 0. The number of thiophene rings is 1. The molecule has 2 N–H and O–H groups in total. The maximum Gasteiger partial charge on any atom is 0.168 e. The van der Waals surface area contributed by atoms with Gasteiger partial charge in [0.15, 0.2) is 5.16 Å². The topological polar surface area (TPSA) is 43.8 Å². The summed E-state index contributed by atoms with van der Waals surface area (Å²) in [6.45, 7) is 2.04. The monoisotopic (exact) mass is 253 g/mol. The zero-order valence-corrected chi connectivity index (χ0v) is 11.0. The Hall–Kier alpha value is -0.780. The van der Waals surface area contributed by atoms with Gasteiger partial charge in [-0.1, -0.05) is 11.8 Å². The molecule has 2 aromatic heterocycles. The lowest BCUT2D eigenvalue weighted by molar-refractivity contribution is 0.711. The number of nitrogens with two attached hydrogens (primary N) is 1. The van der Waals surface area contributed by atoms with Crippen LogP contribution in [0, 0.1) is 0 Å². The first-order valence-electron chi connectivity index (χ1n) is 5.10. The summed E-state index contributed by atoms with van der Waals surface area (Å²) < 4.78 is 2.02. The van der Waals surface area contributed by atoms with Gasteiger partial charge in [-0.15, -0.1) is 0 Å². The van der Waals surface area contributed by atoms with Crippen LogP contribution in [-0.4, -0.2) is 15.6 Å². The Morgan fingerprint density at radius 1 is 1.56 bits per heavy atom. The van der Waals surface area contributed by atoms with Crippen LogP contribution in [0.15, 0.2) is 34.4 Å². The van der Waals surface area contributed by atoms with Crippen LogP contribution in [0.4, 0.5) is 0 Å². The van der Waals surface area contributed by atoms with Crippen molar-refractivity contribution in [1.29, 1.82) is 0 Å². The average Bonchev–Trinajstić information content (AvgIpc) is 2.85. The van der Waals surface area contributed by atoms with Crippen molar-refractivity contribution in [2.45, 2.75) is 23.4 Å². The van der Waals surface area contributed by atoms with Gasteiger partial charge >= 0.3 is 0 Å². The first-order chi connectivity index (χ1) is 7.68. The predicted octanol–water partition coefficient (Wildman–Crippen LogP) is 2.66. The molecule has 2 unspecified atom stereocenters. The molecule has 2 atom stereocenters. The lowest BCUT2D eigenvalue weighted by Gasteiger charge is -2.18. The molecule has 0 aliphatic carbocycles. The number of hydrogen-bond donors (Lipinski definition) is 1. The minimum absolute atomic E-state index is 0.108. The molecule has 0 aromatic carbocycles. The molecule has 0 amide bonds. The van der Waals surface area contributed by atoms with Gasteiger partial charge in [0.05, 0.1) is 5.25 Å². The zero-order valence-electron chi connectivity index (χ0n) is 9.33. The van der Waals surface area contributed by atoms with Crippen molar-refractivity contribution in [3.05, 3.63) is 34.8 Å². The van der Waals surface area contributed by atoms with Crippen molar-refractivity contribution < 1.29 is 0 Å². The van der Waals surface area contributed by atoms with Crippen molar-refractivity contribution in [2.24, 2.45) is 12.8 Å². The molecule has 0 radical (unpaired) electrons.